The van der Waals surface area contributed by atoms with Crippen molar-refractivity contribution in [2.24, 2.45) is 0 Å². The third kappa shape index (κ3) is 3.50. The van der Waals surface area contributed by atoms with Gasteiger partial charge in [0.2, 0.25) is 0 Å². The van der Waals surface area contributed by atoms with Gasteiger partial charge < -0.3 is 0 Å². The number of sulfone groups is 1. The lowest BCUT2D eigenvalue weighted by atomic mass is 10.0. The molecule has 8 heteroatoms. The van der Waals surface area contributed by atoms with Gasteiger partial charge in [0.25, 0.3) is 10.1 Å². The van der Waals surface area contributed by atoms with E-state index in [1.807, 2.05) is 6.07 Å². The van der Waals surface area contributed by atoms with Crippen LogP contribution in [0.5, 0.6) is 0 Å². The Morgan fingerprint density at radius 2 is 1.96 bits per heavy atom. The van der Waals surface area contributed by atoms with E-state index in [1.54, 1.807) is 31.2 Å². The van der Waals surface area contributed by atoms with Crippen LogP contribution in [0.25, 0.3) is 0 Å². The summed E-state index contributed by atoms with van der Waals surface area (Å²) in [6.07, 6.45) is 0.0972. The van der Waals surface area contributed by atoms with Crippen LogP contribution >= 0.6 is 11.8 Å². The summed E-state index contributed by atoms with van der Waals surface area (Å²) in [4.78, 5) is 0. The number of hydrogen-bond acceptors (Lipinski definition) is 6. The van der Waals surface area contributed by atoms with Crippen LogP contribution in [0.15, 0.2) is 40.1 Å². The minimum Gasteiger partial charge on any atom is -0.262 e. The van der Waals surface area contributed by atoms with Crippen molar-refractivity contribution in [3.63, 3.8) is 0 Å². The Kier molecular flexibility index (Phi) is 4.61. The Balaban J connectivity index is 1.84. The van der Waals surface area contributed by atoms with E-state index in [0.29, 0.717) is 27.5 Å². The van der Waals surface area contributed by atoms with Gasteiger partial charge in [0.15, 0.2) is 9.84 Å². The summed E-state index contributed by atoms with van der Waals surface area (Å²) in [6, 6.07) is 8.82. The summed E-state index contributed by atoms with van der Waals surface area (Å²) >= 11 is 1.29. The average molecular weight is 375 g/mol. The fraction of sp³-hybridized carbons (Fsp3) is 0.467. The molecule has 0 unspecified atom stereocenters. The molecule has 0 saturated carbocycles. The van der Waals surface area contributed by atoms with Crippen molar-refractivity contribution in [1.82, 2.24) is 0 Å². The SMILES string of the molecule is C[C@H]1C[C@@H](OS(=O)(=O)Cc2ccccc2)C2=C(SCC2)S1(=O)=O. The maximum absolute atomic E-state index is 12.3. The van der Waals surface area contributed by atoms with Gasteiger partial charge in [-0.05, 0) is 30.9 Å². The van der Waals surface area contributed by atoms with Crippen molar-refractivity contribution in [1.29, 1.82) is 0 Å². The molecule has 0 fully saturated rings. The molecule has 1 aromatic rings. The van der Waals surface area contributed by atoms with Crippen molar-refractivity contribution >= 4 is 31.7 Å². The summed E-state index contributed by atoms with van der Waals surface area (Å²) in [5.74, 6) is 0.455. The standard InChI is InChI=1S/C15H18O5S3/c1-11-9-14(13-7-8-21-15(13)23(11,18)19)20-22(16,17)10-12-5-3-2-4-6-12/h2-6,11,14H,7-10H2,1H3/t11-,14+/m0/s1. The molecule has 0 N–H and O–H groups in total. The van der Waals surface area contributed by atoms with Crippen molar-refractivity contribution in [3.8, 4) is 0 Å². The van der Waals surface area contributed by atoms with E-state index in [4.69, 9.17) is 4.18 Å². The molecule has 23 heavy (non-hydrogen) atoms. The van der Waals surface area contributed by atoms with Crippen LogP contribution in [0, 0.1) is 0 Å². The minimum absolute atomic E-state index is 0.190. The summed E-state index contributed by atoms with van der Waals surface area (Å²) < 4.78 is 55.0. The van der Waals surface area contributed by atoms with E-state index in [0.717, 1.165) is 0 Å². The first kappa shape index (κ1) is 17.0. The highest BCUT2D eigenvalue weighted by molar-refractivity contribution is 8.19. The molecule has 2 aliphatic heterocycles. The van der Waals surface area contributed by atoms with Crippen molar-refractivity contribution in [3.05, 3.63) is 45.7 Å². The second-order valence-electron chi connectivity index (χ2n) is 5.77. The molecule has 0 radical (unpaired) electrons. The molecule has 5 nitrogen and oxygen atoms in total. The van der Waals surface area contributed by atoms with Crippen molar-refractivity contribution in [2.45, 2.75) is 36.9 Å². The molecular weight excluding hydrogens is 356 g/mol. The number of benzene rings is 1. The molecule has 2 atom stereocenters. The summed E-state index contributed by atoms with van der Waals surface area (Å²) in [6.45, 7) is 1.61. The predicted molar refractivity (Wildman–Crippen MR) is 91.0 cm³/mol. The fourth-order valence-electron chi connectivity index (χ4n) is 2.85. The molecule has 0 spiro atoms. The first-order valence-electron chi connectivity index (χ1n) is 7.34. The molecule has 0 aliphatic carbocycles. The Labute approximate surface area is 141 Å². The zero-order valence-electron chi connectivity index (χ0n) is 12.6. The maximum atomic E-state index is 12.3. The average Bonchev–Trinajstić information content (AvgIpc) is 2.96. The Morgan fingerprint density at radius 3 is 2.65 bits per heavy atom. The second kappa shape index (κ2) is 6.23. The molecule has 0 saturated heterocycles. The predicted octanol–water partition coefficient (Wildman–Crippen LogP) is 2.46. The lowest BCUT2D eigenvalue weighted by molar-refractivity contribution is 0.227. The number of thioether (sulfide) groups is 1. The highest BCUT2D eigenvalue weighted by atomic mass is 32.3. The zero-order chi connectivity index (χ0) is 16.7. The monoisotopic (exact) mass is 374 g/mol. The van der Waals surface area contributed by atoms with E-state index in [9.17, 15) is 16.8 Å². The minimum atomic E-state index is -3.77. The first-order valence-corrected chi connectivity index (χ1v) is 11.4. The van der Waals surface area contributed by atoms with Gasteiger partial charge in [0.05, 0.1) is 5.25 Å². The molecule has 0 aromatic heterocycles. The Hall–Kier alpha value is -0.830. The quantitative estimate of drug-likeness (QED) is 0.754. The maximum Gasteiger partial charge on any atom is 0.272 e. The van der Waals surface area contributed by atoms with Crippen LogP contribution in [0.2, 0.25) is 0 Å². The zero-order valence-corrected chi connectivity index (χ0v) is 15.1. The second-order valence-corrected chi connectivity index (χ2v) is 11.0. The molecular formula is C15H18O5S3. The summed E-state index contributed by atoms with van der Waals surface area (Å²) in [5.41, 5.74) is 1.28. The fourth-order valence-corrected chi connectivity index (χ4v) is 7.78. The highest BCUT2D eigenvalue weighted by Gasteiger charge is 2.42. The molecule has 2 aliphatic rings. The third-order valence-electron chi connectivity index (χ3n) is 4.04. The van der Waals surface area contributed by atoms with Gasteiger partial charge >= 0.3 is 0 Å². The van der Waals surface area contributed by atoms with E-state index in [-0.39, 0.29) is 12.2 Å². The number of hydrogen-bond donors (Lipinski definition) is 0. The van der Waals surface area contributed by atoms with E-state index < -0.39 is 31.3 Å². The largest absolute Gasteiger partial charge is 0.272 e. The van der Waals surface area contributed by atoms with Gasteiger partial charge in [-0.3, -0.25) is 4.18 Å². The van der Waals surface area contributed by atoms with Gasteiger partial charge in [-0.25, -0.2) is 8.42 Å². The van der Waals surface area contributed by atoms with Gasteiger partial charge in [-0.1, -0.05) is 30.3 Å². The van der Waals surface area contributed by atoms with Gasteiger partial charge in [-0.2, -0.15) is 8.42 Å². The number of rotatable bonds is 4. The summed E-state index contributed by atoms with van der Waals surface area (Å²) in [5, 5.41) is -0.622. The molecule has 3 rings (SSSR count). The van der Waals surface area contributed by atoms with Crippen LogP contribution in [0.3, 0.4) is 0 Å². The highest BCUT2D eigenvalue weighted by Crippen LogP contribution is 2.45. The third-order valence-corrected chi connectivity index (χ3v) is 9.26. The van der Waals surface area contributed by atoms with Crippen LogP contribution in [0.1, 0.15) is 25.3 Å². The van der Waals surface area contributed by atoms with Crippen LogP contribution < -0.4 is 0 Å². The van der Waals surface area contributed by atoms with Gasteiger partial charge in [0.1, 0.15) is 16.1 Å². The van der Waals surface area contributed by atoms with Gasteiger partial charge in [0, 0.05) is 5.75 Å². The van der Waals surface area contributed by atoms with E-state index >= 15 is 0 Å². The molecule has 2 heterocycles. The summed E-state index contributed by atoms with van der Waals surface area (Å²) in [7, 11) is -7.09. The van der Waals surface area contributed by atoms with Crippen LogP contribution in [0.4, 0.5) is 0 Å². The smallest absolute Gasteiger partial charge is 0.262 e. The van der Waals surface area contributed by atoms with Crippen LogP contribution in [-0.4, -0.2) is 33.9 Å². The molecule has 126 valence electrons. The topological polar surface area (TPSA) is 77.5 Å². The van der Waals surface area contributed by atoms with E-state index in [2.05, 4.69) is 0 Å². The lowest BCUT2D eigenvalue weighted by Gasteiger charge is -2.28. The van der Waals surface area contributed by atoms with Gasteiger partial charge in [-0.15, -0.1) is 11.8 Å². The normalized spacial score (nSPS) is 27.0. The van der Waals surface area contributed by atoms with Crippen LogP contribution in [-0.2, 0) is 29.9 Å². The lowest BCUT2D eigenvalue weighted by Crippen LogP contribution is -2.34. The molecule has 0 bridgehead atoms. The van der Waals surface area contributed by atoms with E-state index in [1.165, 1.54) is 11.8 Å². The first-order chi connectivity index (χ1) is 10.8. The molecule has 0 amide bonds. The molecule has 1 aromatic carbocycles. The van der Waals surface area contributed by atoms with Crippen molar-refractivity contribution in [2.75, 3.05) is 5.75 Å². The van der Waals surface area contributed by atoms with Crippen molar-refractivity contribution < 1.29 is 21.0 Å². The Bertz CT molecular complexity index is 825. The Morgan fingerprint density at radius 1 is 1.26 bits per heavy atom.